The Labute approximate surface area is 128 Å². The molecular formula is C14H21NO7. The van der Waals surface area contributed by atoms with Gasteiger partial charge in [-0.15, -0.1) is 0 Å². The van der Waals surface area contributed by atoms with Crippen LogP contribution in [0.5, 0.6) is 0 Å². The highest BCUT2D eigenvalue weighted by Crippen LogP contribution is 2.21. The van der Waals surface area contributed by atoms with Gasteiger partial charge in [0.1, 0.15) is 11.9 Å². The highest BCUT2D eigenvalue weighted by molar-refractivity contribution is 5.91. The van der Waals surface area contributed by atoms with Gasteiger partial charge in [0.2, 0.25) is 5.91 Å². The topological polar surface area (TPSA) is 119 Å². The first-order valence-corrected chi connectivity index (χ1v) is 6.48. The van der Waals surface area contributed by atoms with Crippen molar-refractivity contribution in [3.63, 3.8) is 0 Å². The van der Waals surface area contributed by atoms with E-state index in [0.717, 1.165) is 19.3 Å². The average Bonchev–Trinajstić information content (AvgIpc) is 2.47. The number of rotatable bonds is 8. The van der Waals surface area contributed by atoms with Crippen LogP contribution in [0.4, 0.5) is 0 Å². The molecule has 124 valence electrons. The Morgan fingerprint density at radius 1 is 1.18 bits per heavy atom. The van der Waals surface area contributed by atoms with Crippen molar-refractivity contribution in [2.45, 2.75) is 26.9 Å². The Kier molecular flexibility index (Phi) is 8.03. The number of carbonyl (C=O) groups is 4. The van der Waals surface area contributed by atoms with Gasteiger partial charge in [-0.3, -0.25) is 9.59 Å². The van der Waals surface area contributed by atoms with E-state index in [4.69, 9.17) is 4.74 Å². The van der Waals surface area contributed by atoms with Crippen molar-refractivity contribution in [3.05, 3.63) is 12.2 Å². The number of methoxy groups -OCH3 is 1. The third kappa shape index (κ3) is 7.53. The number of Topliss-reactive ketones (excluding diaryl/α,β-unsaturated/α-hetero) is 1. The van der Waals surface area contributed by atoms with Crippen LogP contribution in [0, 0.1) is 5.41 Å². The van der Waals surface area contributed by atoms with Crippen molar-refractivity contribution in [1.82, 2.24) is 5.32 Å². The number of esters is 2. The predicted molar refractivity (Wildman–Crippen MR) is 75.6 cm³/mol. The van der Waals surface area contributed by atoms with E-state index in [1.54, 1.807) is 0 Å². The lowest BCUT2D eigenvalue weighted by molar-refractivity contribution is -0.149. The Balaban J connectivity index is 4.46. The maximum absolute atomic E-state index is 11.7. The molecule has 8 nitrogen and oxygen atoms in total. The molecule has 0 radical (unpaired) electrons. The fourth-order valence-electron chi connectivity index (χ4n) is 1.25. The summed E-state index contributed by atoms with van der Waals surface area (Å²) in [6, 6.07) is 0. The lowest BCUT2D eigenvalue weighted by atomic mass is 9.87. The number of hydrogen-bond donors (Lipinski definition) is 2. The molecule has 0 aliphatic rings. The second kappa shape index (κ2) is 8.93. The SMILES string of the molecule is COC(=O)/C=C/C(=O)OCC(C)(C)[C@@H](O)C(=O)NCC(C)=O. The zero-order valence-electron chi connectivity index (χ0n) is 13.0. The molecule has 8 heteroatoms. The summed E-state index contributed by atoms with van der Waals surface area (Å²) in [5.74, 6) is -2.51. The van der Waals surface area contributed by atoms with E-state index in [-0.39, 0.29) is 18.9 Å². The van der Waals surface area contributed by atoms with E-state index in [1.165, 1.54) is 20.8 Å². The fourth-order valence-corrected chi connectivity index (χ4v) is 1.25. The molecule has 0 aliphatic carbocycles. The first-order chi connectivity index (χ1) is 10.1. The smallest absolute Gasteiger partial charge is 0.331 e. The molecule has 1 amide bonds. The summed E-state index contributed by atoms with van der Waals surface area (Å²) in [5, 5.41) is 12.2. The highest BCUT2D eigenvalue weighted by Gasteiger charge is 2.34. The van der Waals surface area contributed by atoms with Crippen molar-refractivity contribution in [3.8, 4) is 0 Å². The number of ether oxygens (including phenoxy) is 2. The monoisotopic (exact) mass is 315 g/mol. The first-order valence-electron chi connectivity index (χ1n) is 6.48. The molecule has 0 spiro atoms. The molecule has 22 heavy (non-hydrogen) atoms. The van der Waals surface area contributed by atoms with Gasteiger partial charge in [-0.05, 0) is 6.92 Å². The molecule has 1 atom stereocenters. The third-order valence-corrected chi connectivity index (χ3v) is 2.64. The van der Waals surface area contributed by atoms with Gasteiger partial charge in [0, 0.05) is 17.6 Å². The number of aliphatic hydroxyl groups is 1. The molecule has 0 bridgehead atoms. The summed E-state index contributed by atoms with van der Waals surface area (Å²) in [6.45, 7) is 3.89. The van der Waals surface area contributed by atoms with Crippen molar-refractivity contribution in [2.24, 2.45) is 5.41 Å². The summed E-state index contributed by atoms with van der Waals surface area (Å²) in [7, 11) is 1.16. The molecule has 0 aromatic carbocycles. The molecule has 0 rings (SSSR count). The Hall–Kier alpha value is -2.22. The zero-order valence-corrected chi connectivity index (χ0v) is 13.0. The molecule has 0 aromatic rings. The van der Waals surface area contributed by atoms with E-state index in [2.05, 4.69) is 10.1 Å². The Morgan fingerprint density at radius 2 is 1.73 bits per heavy atom. The van der Waals surface area contributed by atoms with Crippen molar-refractivity contribution < 1.29 is 33.8 Å². The number of amides is 1. The number of hydrogen-bond acceptors (Lipinski definition) is 7. The predicted octanol–water partition coefficient (Wildman–Crippen LogP) is -0.649. The van der Waals surface area contributed by atoms with Crippen LogP contribution in [0.15, 0.2) is 12.2 Å². The molecular weight excluding hydrogens is 294 g/mol. The minimum atomic E-state index is -1.47. The standard InChI is InChI=1S/C14H21NO7/c1-9(16)7-15-13(20)12(19)14(2,3)8-22-11(18)6-5-10(17)21-4/h5-6,12,19H,7-8H2,1-4H3,(H,15,20)/b6-5+/t12-/m0/s1. The molecule has 0 aliphatic heterocycles. The van der Waals surface area contributed by atoms with Gasteiger partial charge < -0.3 is 19.9 Å². The summed E-state index contributed by atoms with van der Waals surface area (Å²) in [6.07, 6.45) is 0.305. The maximum Gasteiger partial charge on any atom is 0.331 e. The second-order valence-electron chi connectivity index (χ2n) is 5.28. The van der Waals surface area contributed by atoms with Crippen LogP contribution in [0.25, 0.3) is 0 Å². The van der Waals surface area contributed by atoms with Crippen molar-refractivity contribution in [2.75, 3.05) is 20.3 Å². The molecule has 0 fully saturated rings. The minimum Gasteiger partial charge on any atom is -0.466 e. The zero-order chi connectivity index (χ0) is 17.3. The van der Waals surface area contributed by atoms with E-state index >= 15 is 0 Å². The van der Waals surface area contributed by atoms with Crippen LogP contribution < -0.4 is 5.32 Å². The fraction of sp³-hybridized carbons (Fsp3) is 0.571. The van der Waals surface area contributed by atoms with Gasteiger partial charge in [0.25, 0.3) is 0 Å². The Bertz CT molecular complexity index is 468. The number of nitrogens with one attached hydrogen (secondary N) is 1. The highest BCUT2D eigenvalue weighted by atomic mass is 16.5. The van der Waals surface area contributed by atoms with Crippen LogP contribution in [0.3, 0.4) is 0 Å². The lowest BCUT2D eigenvalue weighted by Gasteiger charge is -2.28. The summed E-state index contributed by atoms with van der Waals surface area (Å²) < 4.78 is 9.17. The van der Waals surface area contributed by atoms with Crippen molar-refractivity contribution in [1.29, 1.82) is 0 Å². The summed E-state index contributed by atoms with van der Waals surface area (Å²) >= 11 is 0. The van der Waals surface area contributed by atoms with E-state index in [9.17, 15) is 24.3 Å². The average molecular weight is 315 g/mol. The molecule has 0 heterocycles. The number of carbonyl (C=O) groups excluding carboxylic acids is 4. The van der Waals surface area contributed by atoms with Crippen LogP contribution >= 0.6 is 0 Å². The quantitative estimate of drug-likeness (QED) is 0.451. The van der Waals surface area contributed by atoms with Gasteiger partial charge in [0.15, 0.2) is 0 Å². The van der Waals surface area contributed by atoms with Crippen LogP contribution in [0.2, 0.25) is 0 Å². The van der Waals surface area contributed by atoms with Crippen LogP contribution in [-0.4, -0.2) is 55.1 Å². The van der Waals surface area contributed by atoms with Gasteiger partial charge in [-0.25, -0.2) is 9.59 Å². The third-order valence-electron chi connectivity index (χ3n) is 2.64. The van der Waals surface area contributed by atoms with Gasteiger partial charge >= 0.3 is 11.9 Å². The summed E-state index contributed by atoms with van der Waals surface area (Å²) in [4.78, 5) is 44.6. The van der Waals surface area contributed by atoms with Gasteiger partial charge in [-0.2, -0.15) is 0 Å². The molecule has 0 saturated carbocycles. The number of aliphatic hydroxyl groups excluding tert-OH is 1. The largest absolute Gasteiger partial charge is 0.466 e. The van der Waals surface area contributed by atoms with Crippen LogP contribution in [0.1, 0.15) is 20.8 Å². The molecule has 0 aromatic heterocycles. The second-order valence-corrected chi connectivity index (χ2v) is 5.28. The molecule has 2 N–H and O–H groups in total. The summed E-state index contributed by atoms with van der Waals surface area (Å²) in [5.41, 5.74) is -1.07. The number of ketones is 1. The minimum absolute atomic E-state index is 0.187. The molecule has 0 saturated heterocycles. The lowest BCUT2D eigenvalue weighted by Crippen LogP contribution is -2.47. The van der Waals surface area contributed by atoms with Crippen LogP contribution in [-0.2, 0) is 28.7 Å². The maximum atomic E-state index is 11.7. The van der Waals surface area contributed by atoms with Gasteiger partial charge in [-0.1, -0.05) is 13.8 Å². The van der Waals surface area contributed by atoms with Gasteiger partial charge in [0.05, 0.1) is 20.3 Å². The van der Waals surface area contributed by atoms with E-state index in [0.29, 0.717) is 0 Å². The normalized spacial score (nSPS) is 12.6. The van der Waals surface area contributed by atoms with Crippen molar-refractivity contribution >= 4 is 23.6 Å². The first kappa shape index (κ1) is 19.8. The van der Waals surface area contributed by atoms with E-state index in [1.807, 2.05) is 0 Å². The Morgan fingerprint density at radius 3 is 2.23 bits per heavy atom. The molecule has 0 unspecified atom stereocenters. The van der Waals surface area contributed by atoms with E-state index < -0.39 is 29.4 Å².